The Morgan fingerprint density at radius 1 is 1.15 bits per heavy atom. The minimum Gasteiger partial charge on any atom is -0.444 e. The molecule has 2 heterocycles. The summed E-state index contributed by atoms with van der Waals surface area (Å²) in [4.78, 5) is 20.2. The number of hydrogen-bond donors (Lipinski definition) is 0. The Bertz CT molecular complexity index is 726. The molecule has 2 aromatic rings. The zero-order valence-electron chi connectivity index (χ0n) is 15.6. The summed E-state index contributed by atoms with van der Waals surface area (Å²) in [6.07, 6.45) is 4.75. The van der Waals surface area contributed by atoms with Crippen LogP contribution in [0.4, 0.5) is 4.79 Å². The van der Waals surface area contributed by atoms with Gasteiger partial charge in [-0.1, -0.05) is 36.0 Å². The molecule has 1 fully saturated rings. The van der Waals surface area contributed by atoms with E-state index in [2.05, 4.69) is 23.2 Å². The molecule has 0 aliphatic carbocycles. The lowest BCUT2D eigenvalue weighted by Gasteiger charge is -2.36. The molecule has 0 spiro atoms. The van der Waals surface area contributed by atoms with Gasteiger partial charge in [0.15, 0.2) is 0 Å². The highest BCUT2D eigenvalue weighted by Gasteiger charge is 2.31. The van der Waals surface area contributed by atoms with E-state index in [-0.39, 0.29) is 12.1 Å². The maximum atomic E-state index is 12.6. The van der Waals surface area contributed by atoms with E-state index in [1.165, 1.54) is 4.90 Å². The summed E-state index contributed by atoms with van der Waals surface area (Å²) in [6.45, 7) is 6.45. The molecule has 5 heteroatoms. The molecule has 1 amide bonds. The van der Waals surface area contributed by atoms with E-state index in [0.29, 0.717) is 0 Å². The topological polar surface area (TPSA) is 42.4 Å². The number of pyridine rings is 1. The lowest BCUT2D eigenvalue weighted by Crippen LogP contribution is -2.41. The molecule has 0 N–H and O–H groups in total. The third-order valence-electron chi connectivity index (χ3n) is 4.24. The van der Waals surface area contributed by atoms with Gasteiger partial charge in [-0.25, -0.2) is 9.78 Å². The van der Waals surface area contributed by atoms with Gasteiger partial charge in [-0.2, -0.15) is 0 Å². The number of ether oxygens (including phenoxy) is 1. The van der Waals surface area contributed by atoms with Gasteiger partial charge in [0.1, 0.15) is 10.6 Å². The number of amides is 1. The van der Waals surface area contributed by atoms with E-state index in [1.54, 1.807) is 11.8 Å². The zero-order chi connectivity index (χ0) is 18.6. The van der Waals surface area contributed by atoms with Gasteiger partial charge in [-0.15, -0.1) is 0 Å². The summed E-state index contributed by atoms with van der Waals surface area (Å²) >= 11 is 1.64. The van der Waals surface area contributed by atoms with Gasteiger partial charge in [-0.3, -0.25) is 0 Å². The molecule has 1 aliphatic rings. The molecule has 1 aromatic heterocycles. The van der Waals surface area contributed by atoms with Crippen molar-refractivity contribution < 1.29 is 9.53 Å². The highest BCUT2D eigenvalue weighted by atomic mass is 32.2. The summed E-state index contributed by atoms with van der Waals surface area (Å²) in [5.74, 6) is 0. The van der Waals surface area contributed by atoms with Crippen LogP contribution >= 0.6 is 11.8 Å². The van der Waals surface area contributed by atoms with Crippen LogP contribution in [-0.4, -0.2) is 28.1 Å². The Kier molecular flexibility index (Phi) is 5.87. The Balaban J connectivity index is 1.72. The largest absolute Gasteiger partial charge is 0.444 e. The summed E-state index contributed by atoms with van der Waals surface area (Å²) < 4.78 is 5.59. The van der Waals surface area contributed by atoms with E-state index >= 15 is 0 Å². The van der Waals surface area contributed by atoms with Gasteiger partial charge in [0.2, 0.25) is 0 Å². The monoisotopic (exact) mass is 370 g/mol. The van der Waals surface area contributed by atoms with Crippen molar-refractivity contribution in [1.29, 1.82) is 0 Å². The number of nitrogens with zero attached hydrogens (tertiary/aromatic N) is 2. The number of hydrogen-bond acceptors (Lipinski definition) is 4. The Hall–Kier alpha value is -2.01. The first-order valence-corrected chi connectivity index (χ1v) is 9.92. The number of benzene rings is 1. The quantitative estimate of drug-likeness (QED) is 0.695. The molecule has 1 saturated heterocycles. The first-order chi connectivity index (χ1) is 12.4. The molecule has 1 atom stereocenters. The number of aromatic nitrogens is 1. The van der Waals surface area contributed by atoms with E-state index in [0.717, 1.165) is 36.4 Å². The molecule has 0 radical (unpaired) electrons. The van der Waals surface area contributed by atoms with Gasteiger partial charge in [0, 0.05) is 17.6 Å². The van der Waals surface area contributed by atoms with Crippen LogP contribution in [0, 0.1) is 0 Å². The van der Waals surface area contributed by atoms with E-state index in [4.69, 9.17) is 4.74 Å². The van der Waals surface area contributed by atoms with Crippen molar-refractivity contribution in [3.8, 4) is 0 Å². The predicted octanol–water partition coefficient (Wildman–Crippen LogP) is 5.69. The molecule has 1 aliphatic heterocycles. The highest BCUT2D eigenvalue weighted by molar-refractivity contribution is 7.99. The minimum atomic E-state index is -0.479. The van der Waals surface area contributed by atoms with Crippen LogP contribution in [0.3, 0.4) is 0 Å². The normalized spacial score (nSPS) is 17.8. The molecule has 3 rings (SSSR count). The van der Waals surface area contributed by atoms with Crippen molar-refractivity contribution in [2.45, 2.75) is 61.6 Å². The maximum Gasteiger partial charge on any atom is 0.410 e. The van der Waals surface area contributed by atoms with Gasteiger partial charge >= 0.3 is 6.09 Å². The standard InChI is InChI=1S/C21H26N2O2S/c1-21(2,3)25-20(24)23-14-8-7-11-18(23)16-12-13-19(22-15-16)26-17-9-5-4-6-10-17/h4-6,9-10,12-13,15,18H,7-8,11,14H2,1-3H3/t18-/m1/s1. The summed E-state index contributed by atoms with van der Waals surface area (Å²) in [6, 6.07) is 14.4. The molecule has 0 saturated carbocycles. The fourth-order valence-electron chi connectivity index (χ4n) is 3.08. The first kappa shape index (κ1) is 18.8. The van der Waals surface area contributed by atoms with Crippen molar-refractivity contribution >= 4 is 17.9 Å². The molecular formula is C21H26N2O2S. The molecule has 138 valence electrons. The molecule has 0 unspecified atom stereocenters. The second kappa shape index (κ2) is 8.12. The fourth-order valence-corrected chi connectivity index (χ4v) is 3.85. The number of rotatable bonds is 3. The number of piperidine rings is 1. The van der Waals surface area contributed by atoms with Crippen molar-refractivity contribution in [2.24, 2.45) is 0 Å². The van der Waals surface area contributed by atoms with E-state index in [1.807, 2.05) is 56.1 Å². The average molecular weight is 371 g/mol. The van der Waals surface area contributed by atoms with Crippen LogP contribution in [-0.2, 0) is 4.74 Å². The van der Waals surface area contributed by atoms with Crippen molar-refractivity contribution in [3.05, 3.63) is 54.2 Å². The zero-order valence-corrected chi connectivity index (χ0v) is 16.5. The SMILES string of the molecule is CC(C)(C)OC(=O)N1CCCC[C@@H]1c1ccc(Sc2ccccc2)nc1. The number of carbonyl (C=O) groups excluding carboxylic acids is 1. The Morgan fingerprint density at radius 2 is 1.92 bits per heavy atom. The van der Waals surface area contributed by atoms with Gasteiger partial charge < -0.3 is 9.64 Å². The lowest BCUT2D eigenvalue weighted by molar-refractivity contribution is 0.00947. The van der Waals surface area contributed by atoms with Crippen LogP contribution in [0.15, 0.2) is 58.6 Å². The van der Waals surface area contributed by atoms with Crippen LogP contribution in [0.2, 0.25) is 0 Å². The van der Waals surface area contributed by atoms with Crippen molar-refractivity contribution in [2.75, 3.05) is 6.54 Å². The van der Waals surface area contributed by atoms with Crippen LogP contribution in [0.25, 0.3) is 0 Å². The van der Waals surface area contributed by atoms with Crippen LogP contribution in [0.1, 0.15) is 51.6 Å². The molecule has 4 nitrogen and oxygen atoms in total. The Morgan fingerprint density at radius 3 is 2.58 bits per heavy atom. The summed E-state index contributed by atoms with van der Waals surface area (Å²) in [5.41, 5.74) is 0.598. The second-order valence-corrected chi connectivity index (χ2v) is 8.62. The van der Waals surface area contributed by atoms with Crippen molar-refractivity contribution in [3.63, 3.8) is 0 Å². The number of carbonyl (C=O) groups is 1. The van der Waals surface area contributed by atoms with E-state index in [9.17, 15) is 4.79 Å². The third-order valence-corrected chi connectivity index (χ3v) is 5.20. The highest BCUT2D eigenvalue weighted by Crippen LogP contribution is 2.33. The maximum absolute atomic E-state index is 12.6. The molecule has 0 bridgehead atoms. The number of likely N-dealkylation sites (tertiary alicyclic amines) is 1. The van der Waals surface area contributed by atoms with Crippen molar-refractivity contribution in [1.82, 2.24) is 9.88 Å². The van der Waals surface area contributed by atoms with Gasteiger partial charge in [0.25, 0.3) is 0 Å². The van der Waals surface area contributed by atoms with Gasteiger partial charge in [0.05, 0.1) is 6.04 Å². The summed E-state index contributed by atoms with van der Waals surface area (Å²) in [7, 11) is 0. The second-order valence-electron chi connectivity index (χ2n) is 7.53. The predicted molar refractivity (Wildman–Crippen MR) is 104 cm³/mol. The average Bonchev–Trinajstić information content (AvgIpc) is 2.62. The van der Waals surface area contributed by atoms with Gasteiger partial charge in [-0.05, 0) is 63.8 Å². The molecule has 26 heavy (non-hydrogen) atoms. The third kappa shape index (κ3) is 5.01. The molecule has 1 aromatic carbocycles. The van der Waals surface area contributed by atoms with Crippen LogP contribution < -0.4 is 0 Å². The Labute approximate surface area is 160 Å². The van der Waals surface area contributed by atoms with E-state index < -0.39 is 5.60 Å². The first-order valence-electron chi connectivity index (χ1n) is 9.11. The lowest BCUT2D eigenvalue weighted by atomic mass is 9.97. The summed E-state index contributed by atoms with van der Waals surface area (Å²) in [5, 5.41) is 0.958. The fraction of sp³-hybridized carbons (Fsp3) is 0.429. The minimum absolute atomic E-state index is 0.0434. The van der Waals surface area contributed by atoms with Crippen LogP contribution in [0.5, 0.6) is 0 Å². The smallest absolute Gasteiger partial charge is 0.410 e. The molecular weight excluding hydrogens is 344 g/mol.